The van der Waals surface area contributed by atoms with Gasteiger partial charge in [0.1, 0.15) is 12.4 Å². The van der Waals surface area contributed by atoms with Gasteiger partial charge in [-0.05, 0) is 50.3 Å². The molecule has 0 aliphatic carbocycles. The number of thioether (sulfide) groups is 1. The Balaban J connectivity index is 2.43. The van der Waals surface area contributed by atoms with Crippen molar-refractivity contribution in [3.05, 3.63) is 29.3 Å². The van der Waals surface area contributed by atoms with E-state index in [9.17, 15) is 4.79 Å². The third kappa shape index (κ3) is 5.98. The lowest BCUT2D eigenvalue weighted by Crippen LogP contribution is -2.46. The lowest BCUT2D eigenvalue weighted by molar-refractivity contribution is -0.123. The maximum absolute atomic E-state index is 11.9. The van der Waals surface area contributed by atoms with Gasteiger partial charge in [-0.1, -0.05) is 18.2 Å². The first-order valence-electron chi connectivity index (χ1n) is 7.19. The number of hydrogen-bond acceptors (Lipinski definition) is 4. The van der Waals surface area contributed by atoms with Crippen LogP contribution < -0.4 is 15.8 Å². The monoisotopic (exact) mass is 310 g/mol. The minimum absolute atomic E-state index is 0.0724. The van der Waals surface area contributed by atoms with Crippen molar-refractivity contribution in [3.63, 3.8) is 0 Å². The molecule has 1 unspecified atom stereocenters. The van der Waals surface area contributed by atoms with E-state index in [1.54, 1.807) is 11.8 Å². The second-order valence-corrected chi connectivity index (χ2v) is 6.32. The first-order chi connectivity index (χ1) is 9.95. The number of hydrogen-bond donors (Lipinski definition) is 2. The average Bonchev–Trinajstić information content (AvgIpc) is 2.44. The van der Waals surface area contributed by atoms with Gasteiger partial charge in [0.15, 0.2) is 0 Å². The molecular formula is C16H26N2O2S. The highest BCUT2D eigenvalue weighted by molar-refractivity contribution is 7.98. The third-order valence-corrected chi connectivity index (χ3v) is 3.89. The lowest BCUT2D eigenvalue weighted by atomic mass is 10.1. The number of benzene rings is 1. The molecule has 1 amide bonds. The minimum atomic E-state index is -0.444. The van der Waals surface area contributed by atoms with E-state index in [1.165, 1.54) is 0 Å². The molecule has 2 atom stereocenters. The summed E-state index contributed by atoms with van der Waals surface area (Å²) in [5.41, 5.74) is 8.04. The van der Waals surface area contributed by atoms with Gasteiger partial charge in [-0.3, -0.25) is 4.79 Å². The zero-order valence-corrected chi connectivity index (χ0v) is 14.1. The summed E-state index contributed by atoms with van der Waals surface area (Å²) in [6.45, 7) is 6.40. The molecule has 0 aliphatic rings. The van der Waals surface area contributed by atoms with Gasteiger partial charge in [0.2, 0.25) is 5.91 Å². The summed E-state index contributed by atoms with van der Waals surface area (Å²) in [6, 6.07) is 5.53. The standard InChI is InChI=1S/C16H26N2O2S/c1-11-6-5-7-12(2)15(11)20-10-13(3)18-16(19)14(17)8-9-21-4/h5-7,13-14H,8-10,17H2,1-4H3,(H,18,19)/t13?,14-/m0/s1. The summed E-state index contributed by atoms with van der Waals surface area (Å²) < 4.78 is 5.83. The number of carbonyl (C=O) groups is 1. The summed E-state index contributed by atoms with van der Waals surface area (Å²) in [4.78, 5) is 11.9. The van der Waals surface area contributed by atoms with E-state index in [4.69, 9.17) is 10.5 Å². The molecule has 0 aliphatic heterocycles. The van der Waals surface area contributed by atoms with Gasteiger partial charge < -0.3 is 15.8 Å². The molecule has 0 saturated carbocycles. The van der Waals surface area contributed by atoms with Crippen LogP contribution in [0.1, 0.15) is 24.5 Å². The molecule has 5 heteroatoms. The van der Waals surface area contributed by atoms with Crippen LogP contribution in [0.5, 0.6) is 5.75 Å². The zero-order chi connectivity index (χ0) is 15.8. The topological polar surface area (TPSA) is 64.4 Å². The maximum Gasteiger partial charge on any atom is 0.237 e. The largest absolute Gasteiger partial charge is 0.491 e. The Hall–Kier alpha value is -1.20. The summed E-state index contributed by atoms with van der Waals surface area (Å²) in [7, 11) is 0. The molecule has 1 rings (SSSR count). The first-order valence-corrected chi connectivity index (χ1v) is 8.59. The molecule has 0 spiro atoms. The Morgan fingerprint density at radius 2 is 2.00 bits per heavy atom. The van der Waals surface area contributed by atoms with Crippen LogP contribution in [-0.2, 0) is 4.79 Å². The second-order valence-electron chi connectivity index (χ2n) is 5.33. The van der Waals surface area contributed by atoms with E-state index in [-0.39, 0.29) is 11.9 Å². The van der Waals surface area contributed by atoms with Crippen LogP contribution >= 0.6 is 11.8 Å². The lowest BCUT2D eigenvalue weighted by Gasteiger charge is -2.19. The van der Waals surface area contributed by atoms with E-state index in [0.29, 0.717) is 13.0 Å². The smallest absolute Gasteiger partial charge is 0.237 e. The summed E-state index contributed by atoms with van der Waals surface area (Å²) in [6.07, 6.45) is 2.70. The fourth-order valence-electron chi connectivity index (χ4n) is 2.00. The van der Waals surface area contributed by atoms with Gasteiger partial charge >= 0.3 is 0 Å². The number of aryl methyl sites for hydroxylation is 2. The molecule has 0 heterocycles. The van der Waals surface area contributed by atoms with Gasteiger partial charge in [-0.15, -0.1) is 0 Å². The molecule has 3 N–H and O–H groups in total. The fraction of sp³-hybridized carbons (Fsp3) is 0.562. The summed E-state index contributed by atoms with van der Waals surface area (Å²) >= 11 is 1.69. The van der Waals surface area contributed by atoms with Crippen molar-refractivity contribution < 1.29 is 9.53 Å². The molecule has 0 fully saturated rings. The maximum atomic E-state index is 11.9. The quantitative estimate of drug-likeness (QED) is 0.773. The third-order valence-electron chi connectivity index (χ3n) is 3.24. The Labute approximate surface area is 131 Å². The number of para-hydroxylation sites is 1. The van der Waals surface area contributed by atoms with E-state index < -0.39 is 6.04 Å². The summed E-state index contributed by atoms with van der Waals surface area (Å²) in [5, 5.41) is 2.90. The fourth-order valence-corrected chi connectivity index (χ4v) is 2.49. The number of nitrogens with one attached hydrogen (secondary N) is 1. The van der Waals surface area contributed by atoms with Crippen molar-refractivity contribution in [1.29, 1.82) is 0 Å². The Morgan fingerprint density at radius 1 is 1.38 bits per heavy atom. The average molecular weight is 310 g/mol. The van der Waals surface area contributed by atoms with E-state index in [0.717, 1.165) is 22.6 Å². The molecule has 1 aromatic rings. The van der Waals surface area contributed by atoms with Crippen molar-refractivity contribution in [2.45, 2.75) is 39.3 Å². The van der Waals surface area contributed by atoms with Gasteiger partial charge in [0.05, 0.1) is 12.1 Å². The highest BCUT2D eigenvalue weighted by atomic mass is 32.2. The molecule has 118 valence electrons. The first kappa shape index (κ1) is 17.9. The van der Waals surface area contributed by atoms with E-state index in [1.807, 2.05) is 45.2 Å². The van der Waals surface area contributed by atoms with Gasteiger partial charge in [-0.25, -0.2) is 0 Å². The normalized spacial score (nSPS) is 13.6. The van der Waals surface area contributed by atoms with Crippen LogP contribution in [0, 0.1) is 13.8 Å². The van der Waals surface area contributed by atoms with Crippen molar-refractivity contribution in [1.82, 2.24) is 5.32 Å². The van der Waals surface area contributed by atoms with Crippen LogP contribution in [0.15, 0.2) is 18.2 Å². The predicted molar refractivity (Wildman–Crippen MR) is 90.0 cm³/mol. The van der Waals surface area contributed by atoms with Gasteiger partial charge in [-0.2, -0.15) is 11.8 Å². The van der Waals surface area contributed by atoms with Crippen molar-refractivity contribution in [2.24, 2.45) is 5.73 Å². The van der Waals surface area contributed by atoms with Crippen molar-refractivity contribution in [2.75, 3.05) is 18.6 Å². The highest BCUT2D eigenvalue weighted by Gasteiger charge is 2.16. The van der Waals surface area contributed by atoms with Crippen LogP contribution in [-0.4, -0.2) is 36.6 Å². The summed E-state index contributed by atoms with van der Waals surface area (Å²) in [5.74, 6) is 1.67. The van der Waals surface area contributed by atoms with Crippen LogP contribution in [0.25, 0.3) is 0 Å². The molecule has 0 radical (unpaired) electrons. The molecule has 0 bridgehead atoms. The second kappa shape index (κ2) is 8.95. The molecule has 1 aromatic carbocycles. The number of nitrogens with two attached hydrogens (primary N) is 1. The van der Waals surface area contributed by atoms with Crippen molar-refractivity contribution >= 4 is 17.7 Å². The molecule has 21 heavy (non-hydrogen) atoms. The number of rotatable bonds is 8. The predicted octanol–water partition coefficient (Wildman–Crippen LogP) is 2.27. The Bertz CT molecular complexity index is 445. The minimum Gasteiger partial charge on any atom is -0.491 e. The van der Waals surface area contributed by atoms with E-state index >= 15 is 0 Å². The van der Waals surface area contributed by atoms with Gasteiger partial charge in [0, 0.05) is 0 Å². The van der Waals surface area contributed by atoms with Gasteiger partial charge in [0.25, 0.3) is 0 Å². The number of carbonyl (C=O) groups excluding carboxylic acids is 1. The molecule has 0 saturated heterocycles. The molecular weight excluding hydrogens is 284 g/mol. The van der Waals surface area contributed by atoms with Crippen LogP contribution in [0.4, 0.5) is 0 Å². The zero-order valence-electron chi connectivity index (χ0n) is 13.3. The molecule has 4 nitrogen and oxygen atoms in total. The molecule has 0 aromatic heterocycles. The Morgan fingerprint density at radius 3 is 2.57 bits per heavy atom. The number of amides is 1. The highest BCUT2D eigenvalue weighted by Crippen LogP contribution is 2.22. The van der Waals surface area contributed by atoms with Crippen molar-refractivity contribution in [3.8, 4) is 5.75 Å². The number of ether oxygens (including phenoxy) is 1. The van der Waals surface area contributed by atoms with Crippen LogP contribution in [0.3, 0.4) is 0 Å². The van der Waals surface area contributed by atoms with E-state index in [2.05, 4.69) is 5.32 Å². The van der Waals surface area contributed by atoms with Crippen LogP contribution in [0.2, 0.25) is 0 Å². The SMILES string of the molecule is CSCC[C@H](N)C(=O)NC(C)COc1c(C)cccc1C. The Kier molecular flexibility index (Phi) is 7.61.